The van der Waals surface area contributed by atoms with Crippen LogP contribution >= 0.6 is 0 Å². The first-order chi connectivity index (χ1) is 5.04. The second-order valence-corrected chi connectivity index (χ2v) is 3.42. The maximum Gasteiger partial charge on any atom is 0.263 e. The molecule has 0 radical (unpaired) electrons. The fourth-order valence-electron chi connectivity index (χ4n) is 0.630. The van der Waals surface area contributed by atoms with E-state index < -0.39 is 0 Å². The lowest BCUT2D eigenvalue weighted by molar-refractivity contribution is 0.321. The fourth-order valence-corrected chi connectivity index (χ4v) is 0.630. The number of nitrogens with one attached hydrogen (secondary N) is 1. The van der Waals surface area contributed by atoms with E-state index in [0.29, 0.717) is 11.8 Å². The van der Waals surface area contributed by atoms with Gasteiger partial charge in [0, 0.05) is 12.5 Å². The summed E-state index contributed by atoms with van der Waals surface area (Å²) in [5.41, 5.74) is -0.0674. The first kappa shape index (κ1) is 8.04. The van der Waals surface area contributed by atoms with Gasteiger partial charge in [0.1, 0.15) is 0 Å². The van der Waals surface area contributed by atoms with Gasteiger partial charge in [-0.2, -0.15) is 4.98 Å². The molecular formula is C7H13N3O. The van der Waals surface area contributed by atoms with Crippen LogP contribution in [0.15, 0.2) is 4.52 Å². The third-order valence-corrected chi connectivity index (χ3v) is 1.29. The molecule has 1 heterocycles. The van der Waals surface area contributed by atoms with Crippen LogP contribution in [0.4, 0.5) is 5.95 Å². The molecule has 0 fully saturated rings. The molecule has 1 rings (SSSR count). The number of hydrogen-bond acceptors (Lipinski definition) is 4. The number of anilines is 1. The summed E-state index contributed by atoms with van der Waals surface area (Å²) in [4.78, 5) is 4.11. The highest BCUT2D eigenvalue weighted by Crippen LogP contribution is 2.20. The molecule has 0 aliphatic carbocycles. The van der Waals surface area contributed by atoms with Crippen LogP contribution in [-0.4, -0.2) is 17.2 Å². The Hall–Kier alpha value is -1.06. The molecule has 0 aromatic carbocycles. The van der Waals surface area contributed by atoms with Gasteiger partial charge in [-0.05, 0) is 5.16 Å². The molecule has 0 saturated heterocycles. The van der Waals surface area contributed by atoms with E-state index in [1.54, 1.807) is 7.05 Å². The van der Waals surface area contributed by atoms with Gasteiger partial charge in [0.15, 0.2) is 0 Å². The third-order valence-electron chi connectivity index (χ3n) is 1.29. The van der Waals surface area contributed by atoms with Crippen molar-refractivity contribution in [2.24, 2.45) is 0 Å². The largest absolute Gasteiger partial charge is 0.355 e. The average molecular weight is 155 g/mol. The number of aromatic nitrogens is 2. The Morgan fingerprint density at radius 1 is 1.36 bits per heavy atom. The standard InChI is InChI=1S/C7H13N3O/c1-7(2,3)5-9-6(8-4)10-11-5/h1-4H3,(H,8,10). The van der Waals surface area contributed by atoms with Gasteiger partial charge in [-0.25, -0.2) is 0 Å². The van der Waals surface area contributed by atoms with Gasteiger partial charge >= 0.3 is 0 Å². The SMILES string of the molecule is CNc1noc(C(C)(C)C)n1. The van der Waals surface area contributed by atoms with E-state index in [1.807, 2.05) is 20.8 Å². The zero-order valence-electron chi connectivity index (χ0n) is 7.30. The molecule has 0 atom stereocenters. The van der Waals surface area contributed by atoms with Gasteiger partial charge in [-0.3, -0.25) is 0 Å². The molecule has 1 aromatic heterocycles. The molecule has 0 amide bonds. The summed E-state index contributed by atoms with van der Waals surface area (Å²) in [5.74, 6) is 1.19. The Labute approximate surface area is 66.0 Å². The maximum atomic E-state index is 5.00. The van der Waals surface area contributed by atoms with Gasteiger partial charge in [0.2, 0.25) is 5.89 Å². The summed E-state index contributed by atoms with van der Waals surface area (Å²) < 4.78 is 5.00. The molecule has 0 aliphatic rings. The topological polar surface area (TPSA) is 51.0 Å². The van der Waals surface area contributed by atoms with Crippen molar-refractivity contribution in [1.82, 2.24) is 10.1 Å². The Balaban J connectivity index is 2.89. The normalized spacial score (nSPS) is 11.6. The molecule has 0 bridgehead atoms. The second-order valence-electron chi connectivity index (χ2n) is 3.42. The van der Waals surface area contributed by atoms with Crippen LogP contribution in [0.1, 0.15) is 26.7 Å². The lowest BCUT2D eigenvalue weighted by atomic mass is 9.97. The van der Waals surface area contributed by atoms with Crippen molar-refractivity contribution >= 4 is 5.95 Å². The lowest BCUT2D eigenvalue weighted by Gasteiger charge is -2.10. The number of hydrogen-bond donors (Lipinski definition) is 1. The van der Waals surface area contributed by atoms with E-state index in [9.17, 15) is 0 Å². The van der Waals surface area contributed by atoms with Crippen LogP contribution in [0.5, 0.6) is 0 Å². The molecule has 0 saturated carbocycles. The molecule has 4 nitrogen and oxygen atoms in total. The van der Waals surface area contributed by atoms with Crippen molar-refractivity contribution in [3.8, 4) is 0 Å². The predicted octanol–water partition coefficient (Wildman–Crippen LogP) is 1.41. The fraction of sp³-hybridized carbons (Fsp3) is 0.714. The van der Waals surface area contributed by atoms with Crippen LogP contribution in [0, 0.1) is 0 Å². The Bertz CT molecular complexity index is 236. The van der Waals surface area contributed by atoms with Crippen LogP contribution in [0.3, 0.4) is 0 Å². The van der Waals surface area contributed by atoms with E-state index in [2.05, 4.69) is 15.5 Å². The quantitative estimate of drug-likeness (QED) is 0.666. The molecule has 0 spiro atoms. The Morgan fingerprint density at radius 2 is 2.00 bits per heavy atom. The zero-order chi connectivity index (χ0) is 8.48. The Morgan fingerprint density at radius 3 is 2.27 bits per heavy atom. The zero-order valence-corrected chi connectivity index (χ0v) is 7.30. The monoisotopic (exact) mass is 155 g/mol. The molecule has 0 aliphatic heterocycles. The lowest BCUT2D eigenvalue weighted by Crippen LogP contribution is -2.11. The van der Waals surface area contributed by atoms with Crippen molar-refractivity contribution in [3.05, 3.63) is 5.89 Å². The van der Waals surface area contributed by atoms with Gasteiger partial charge in [-0.1, -0.05) is 20.8 Å². The molecule has 11 heavy (non-hydrogen) atoms. The molecule has 1 N–H and O–H groups in total. The second kappa shape index (κ2) is 2.53. The minimum Gasteiger partial charge on any atom is -0.355 e. The minimum absolute atomic E-state index is 0.0674. The number of nitrogens with zero attached hydrogens (tertiary/aromatic N) is 2. The summed E-state index contributed by atoms with van der Waals surface area (Å²) in [6, 6.07) is 0. The van der Waals surface area contributed by atoms with E-state index in [1.165, 1.54) is 0 Å². The van der Waals surface area contributed by atoms with Gasteiger partial charge in [0.05, 0.1) is 0 Å². The first-order valence-corrected chi connectivity index (χ1v) is 3.56. The molecule has 0 unspecified atom stereocenters. The van der Waals surface area contributed by atoms with E-state index in [-0.39, 0.29) is 5.41 Å². The van der Waals surface area contributed by atoms with E-state index >= 15 is 0 Å². The van der Waals surface area contributed by atoms with Gasteiger partial charge in [-0.15, -0.1) is 0 Å². The van der Waals surface area contributed by atoms with E-state index in [0.717, 1.165) is 0 Å². The summed E-state index contributed by atoms with van der Waals surface area (Å²) in [6.45, 7) is 6.08. The first-order valence-electron chi connectivity index (χ1n) is 3.56. The molecular weight excluding hydrogens is 142 g/mol. The van der Waals surface area contributed by atoms with Crippen LogP contribution in [-0.2, 0) is 5.41 Å². The van der Waals surface area contributed by atoms with Crippen molar-refractivity contribution in [1.29, 1.82) is 0 Å². The van der Waals surface area contributed by atoms with Crippen molar-refractivity contribution in [2.75, 3.05) is 12.4 Å². The Kier molecular flexibility index (Phi) is 1.85. The minimum atomic E-state index is -0.0674. The summed E-state index contributed by atoms with van der Waals surface area (Å²) in [5, 5.41) is 6.51. The predicted molar refractivity (Wildman–Crippen MR) is 42.5 cm³/mol. The third kappa shape index (κ3) is 1.69. The highest BCUT2D eigenvalue weighted by molar-refractivity contribution is 5.20. The summed E-state index contributed by atoms with van der Waals surface area (Å²) >= 11 is 0. The van der Waals surface area contributed by atoms with E-state index in [4.69, 9.17) is 4.52 Å². The van der Waals surface area contributed by atoms with Gasteiger partial charge < -0.3 is 9.84 Å². The summed E-state index contributed by atoms with van der Waals surface area (Å²) in [7, 11) is 1.76. The summed E-state index contributed by atoms with van der Waals surface area (Å²) in [6.07, 6.45) is 0. The van der Waals surface area contributed by atoms with Crippen LogP contribution in [0.25, 0.3) is 0 Å². The molecule has 1 aromatic rings. The van der Waals surface area contributed by atoms with Crippen molar-refractivity contribution in [2.45, 2.75) is 26.2 Å². The molecule has 4 heteroatoms. The van der Waals surface area contributed by atoms with Crippen molar-refractivity contribution < 1.29 is 4.52 Å². The number of rotatable bonds is 1. The maximum absolute atomic E-state index is 5.00. The van der Waals surface area contributed by atoms with Crippen LogP contribution < -0.4 is 5.32 Å². The molecule has 62 valence electrons. The highest BCUT2D eigenvalue weighted by Gasteiger charge is 2.21. The van der Waals surface area contributed by atoms with Crippen LogP contribution in [0.2, 0.25) is 0 Å². The van der Waals surface area contributed by atoms with Gasteiger partial charge in [0.25, 0.3) is 5.95 Å². The van der Waals surface area contributed by atoms with Crippen molar-refractivity contribution in [3.63, 3.8) is 0 Å². The highest BCUT2D eigenvalue weighted by atomic mass is 16.5. The smallest absolute Gasteiger partial charge is 0.263 e. The average Bonchev–Trinajstić information content (AvgIpc) is 2.32.